The lowest BCUT2D eigenvalue weighted by molar-refractivity contribution is -0.128. The van der Waals surface area contributed by atoms with Gasteiger partial charge in [0.25, 0.3) is 6.47 Å². The first-order chi connectivity index (χ1) is 16.3. The van der Waals surface area contributed by atoms with E-state index in [4.69, 9.17) is 9.54 Å². The first kappa shape index (κ1) is 25.7. The Morgan fingerprint density at radius 3 is 2.68 bits per heavy atom. The van der Waals surface area contributed by atoms with E-state index in [-0.39, 0.29) is 30.5 Å². The van der Waals surface area contributed by atoms with Crippen molar-refractivity contribution < 1.29 is 27.3 Å². The molecule has 3 rings (SSSR count). The van der Waals surface area contributed by atoms with Gasteiger partial charge in [-0.05, 0) is 37.0 Å². The summed E-state index contributed by atoms with van der Waals surface area (Å²) in [5.41, 5.74) is 3.90. The average Bonchev–Trinajstić information content (AvgIpc) is 3.46. The van der Waals surface area contributed by atoms with Gasteiger partial charge in [0.2, 0.25) is 0 Å². The molecule has 0 saturated carbocycles. The Kier molecular flexibility index (Phi) is 9.10. The van der Waals surface area contributed by atoms with Crippen LogP contribution >= 0.6 is 22.7 Å². The topological polar surface area (TPSA) is 148 Å². The molecule has 13 heteroatoms. The fraction of sp³-hybridized carbons (Fsp3) is 0.333. The summed E-state index contributed by atoms with van der Waals surface area (Å²) in [5, 5.41) is 7.00. The van der Waals surface area contributed by atoms with Crippen molar-refractivity contribution in [1.82, 2.24) is 9.97 Å². The number of carbonyl (C=O) groups is 2. The Morgan fingerprint density at radius 1 is 1.26 bits per heavy atom. The van der Waals surface area contributed by atoms with E-state index in [9.17, 15) is 18.0 Å². The lowest BCUT2D eigenvalue weighted by Crippen LogP contribution is -2.16. The Balaban J connectivity index is 1.78. The zero-order valence-electron chi connectivity index (χ0n) is 18.3. The van der Waals surface area contributed by atoms with Crippen LogP contribution in [0.15, 0.2) is 35.2 Å². The zero-order chi connectivity index (χ0) is 24.6. The number of ketones is 1. The first-order valence-electron chi connectivity index (χ1n) is 10.4. The van der Waals surface area contributed by atoms with Gasteiger partial charge < -0.3 is 10.1 Å². The lowest BCUT2D eigenvalue weighted by atomic mass is 10.0. The number of nitrogens with one attached hydrogen (secondary N) is 2. The summed E-state index contributed by atoms with van der Waals surface area (Å²) in [5.74, 6) is -0.148. The Hall–Kier alpha value is -2.87. The molecule has 3 aromatic rings. The van der Waals surface area contributed by atoms with Crippen molar-refractivity contribution in [3.8, 4) is 0 Å². The summed E-state index contributed by atoms with van der Waals surface area (Å²) in [6, 6.07) is 6.35. The summed E-state index contributed by atoms with van der Waals surface area (Å²) in [6.45, 7) is 2.56. The van der Waals surface area contributed by atoms with E-state index in [2.05, 4.69) is 15.0 Å². The molecule has 182 valence electrons. The van der Waals surface area contributed by atoms with Crippen LogP contribution in [0.3, 0.4) is 0 Å². The maximum absolute atomic E-state index is 12.6. The van der Waals surface area contributed by atoms with E-state index in [1.165, 1.54) is 11.3 Å². The molecule has 1 aromatic carbocycles. The molecular formula is C21H24N4O6S3. The van der Waals surface area contributed by atoms with Crippen LogP contribution in [0.25, 0.3) is 0 Å². The molecule has 2 heterocycles. The maximum atomic E-state index is 12.6. The molecule has 10 nitrogen and oxygen atoms in total. The van der Waals surface area contributed by atoms with Crippen molar-refractivity contribution >= 4 is 55.9 Å². The van der Waals surface area contributed by atoms with Gasteiger partial charge in [0, 0.05) is 11.8 Å². The fourth-order valence-electron chi connectivity index (χ4n) is 3.16. The Bertz CT molecular complexity index is 1210. The Morgan fingerprint density at radius 2 is 2.03 bits per heavy atom. The van der Waals surface area contributed by atoms with Crippen molar-refractivity contribution in [1.29, 1.82) is 0 Å². The number of nitrogens with zero attached hydrogens (tertiary/aromatic N) is 2. The van der Waals surface area contributed by atoms with Gasteiger partial charge in [-0.25, -0.2) is 9.97 Å². The van der Waals surface area contributed by atoms with Crippen LogP contribution in [-0.4, -0.2) is 41.8 Å². The van der Waals surface area contributed by atoms with Gasteiger partial charge in [0.05, 0.1) is 34.5 Å². The molecule has 0 fully saturated rings. The highest BCUT2D eigenvalue weighted by molar-refractivity contribution is 7.87. The number of Topliss-reactive ketones (excluding diaryl/α,β-unsaturated/α-hetero) is 1. The quantitative estimate of drug-likeness (QED) is 0.124. The van der Waals surface area contributed by atoms with Gasteiger partial charge in [0.15, 0.2) is 5.78 Å². The van der Waals surface area contributed by atoms with Crippen LogP contribution in [0, 0.1) is 0 Å². The molecule has 0 spiro atoms. The van der Waals surface area contributed by atoms with Crippen LogP contribution in [0.4, 0.5) is 10.7 Å². The first-order valence-corrected chi connectivity index (χ1v) is 13.6. The van der Waals surface area contributed by atoms with Gasteiger partial charge in [-0.15, -0.1) is 22.7 Å². The molecule has 1 atom stereocenters. The Labute approximate surface area is 205 Å². The number of aryl methyl sites for hydroxylation is 1. The summed E-state index contributed by atoms with van der Waals surface area (Å²) in [4.78, 5) is 31.8. The SMILES string of the molecule is CCc1nc([C@H](Cc2ccc(NS(=O)(=O)O)cc2)Nc2scnc2C(=O)CCCOC=O)cs1. The monoisotopic (exact) mass is 524 g/mol. The minimum Gasteiger partial charge on any atom is -0.468 e. The zero-order valence-corrected chi connectivity index (χ0v) is 20.7. The van der Waals surface area contributed by atoms with Crippen molar-refractivity contribution in [3.63, 3.8) is 0 Å². The minimum atomic E-state index is -4.35. The smallest absolute Gasteiger partial charge is 0.357 e. The highest BCUT2D eigenvalue weighted by Gasteiger charge is 2.21. The summed E-state index contributed by atoms with van der Waals surface area (Å²) in [6.07, 6.45) is 1.93. The number of carbonyl (C=O) groups excluding carboxylic acids is 2. The van der Waals surface area contributed by atoms with Gasteiger partial charge >= 0.3 is 10.3 Å². The number of thiazole rings is 2. The third kappa shape index (κ3) is 7.58. The molecule has 0 unspecified atom stereocenters. The molecular weight excluding hydrogens is 500 g/mol. The van der Waals surface area contributed by atoms with Crippen LogP contribution in [0.5, 0.6) is 0 Å². The minimum absolute atomic E-state index is 0.148. The van der Waals surface area contributed by atoms with E-state index in [1.807, 2.05) is 17.0 Å². The second-order valence-corrected chi connectivity index (χ2v) is 10.2. The van der Waals surface area contributed by atoms with Gasteiger partial charge in [-0.2, -0.15) is 8.42 Å². The van der Waals surface area contributed by atoms with E-state index >= 15 is 0 Å². The highest BCUT2D eigenvalue weighted by atomic mass is 32.2. The number of rotatable bonds is 14. The largest absolute Gasteiger partial charge is 0.468 e. The molecule has 0 radical (unpaired) electrons. The van der Waals surface area contributed by atoms with Crippen molar-refractivity contribution in [2.24, 2.45) is 0 Å². The summed E-state index contributed by atoms with van der Waals surface area (Å²) < 4.78 is 37.6. The molecule has 0 bridgehead atoms. The van der Waals surface area contributed by atoms with E-state index in [0.29, 0.717) is 30.0 Å². The average molecular weight is 525 g/mol. The number of aromatic nitrogens is 2. The lowest BCUT2D eigenvalue weighted by Gasteiger charge is -2.18. The molecule has 0 aliphatic rings. The van der Waals surface area contributed by atoms with Crippen LogP contribution in [0.2, 0.25) is 0 Å². The van der Waals surface area contributed by atoms with Gasteiger partial charge in [-0.1, -0.05) is 19.1 Å². The second-order valence-electron chi connectivity index (χ2n) is 7.22. The van der Waals surface area contributed by atoms with Crippen LogP contribution in [-0.2, 0) is 32.7 Å². The second kappa shape index (κ2) is 12.0. The number of hydrogen-bond donors (Lipinski definition) is 3. The molecule has 34 heavy (non-hydrogen) atoms. The fourth-order valence-corrected chi connectivity index (χ4v) is 5.14. The van der Waals surface area contributed by atoms with Crippen LogP contribution in [0.1, 0.15) is 52.6 Å². The normalized spacial score (nSPS) is 12.2. The highest BCUT2D eigenvalue weighted by Crippen LogP contribution is 2.30. The van der Waals surface area contributed by atoms with E-state index < -0.39 is 10.3 Å². The third-order valence-corrected chi connectivity index (χ3v) is 7.00. The molecule has 2 aromatic heterocycles. The predicted molar refractivity (Wildman–Crippen MR) is 131 cm³/mol. The number of hydrogen-bond acceptors (Lipinski definition) is 10. The molecule has 0 amide bonds. The number of anilines is 2. The molecule has 0 saturated heterocycles. The third-order valence-electron chi connectivity index (χ3n) is 4.74. The van der Waals surface area contributed by atoms with Gasteiger partial charge in [-0.3, -0.25) is 18.9 Å². The standard InChI is InChI=1S/C21H24N4O6S3/c1-2-19-23-17(11-32-19)16(10-14-5-7-15(8-6-14)25-34(28,29)30)24-21-20(22-12-33-21)18(27)4-3-9-31-13-26/h5-8,11-13,16,24-25H,2-4,9-10H2,1H3,(H,28,29,30)/t16-/m0/s1. The molecule has 0 aliphatic carbocycles. The maximum Gasteiger partial charge on any atom is 0.357 e. The molecule has 3 N–H and O–H groups in total. The molecule has 0 aliphatic heterocycles. The van der Waals surface area contributed by atoms with Crippen molar-refractivity contribution in [3.05, 3.63) is 57.1 Å². The van der Waals surface area contributed by atoms with E-state index in [1.54, 1.807) is 41.1 Å². The number of benzene rings is 1. The summed E-state index contributed by atoms with van der Waals surface area (Å²) >= 11 is 2.88. The van der Waals surface area contributed by atoms with Crippen molar-refractivity contribution in [2.45, 2.75) is 38.6 Å². The van der Waals surface area contributed by atoms with Gasteiger partial charge in [0.1, 0.15) is 10.7 Å². The van der Waals surface area contributed by atoms with Crippen LogP contribution < -0.4 is 10.0 Å². The predicted octanol–water partition coefficient (Wildman–Crippen LogP) is 3.91. The van der Waals surface area contributed by atoms with E-state index in [0.717, 1.165) is 22.7 Å². The summed E-state index contributed by atoms with van der Waals surface area (Å²) in [7, 11) is -4.35. The number of ether oxygens (including phenoxy) is 1. The van der Waals surface area contributed by atoms with Crippen molar-refractivity contribution in [2.75, 3.05) is 16.6 Å².